The Bertz CT molecular complexity index is 1090. The predicted molar refractivity (Wildman–Crippen MR) is 106 cm³/mol. The lowest BCUT2D eigenvalue weighted by Crippen LogP contribution is -2.49. The molecule has 0 aliphatic carbocycles. The molecule has 1 aromatic carbocycles. The fourth-order valence-electron chi connectivity index (χ4n) is 3.55. The van der Waals surface area contributed by atoms with Crippen molar-refractivity contribution in [3.05, 3.63) is 70.3 Å². The van der Waals surface area contributed by atoms with E-state index in [1.807, 2.05) is 4.90 Å². The van der Waals surface area contributed by atoms with Gasteiger partial charge < -0.3 is 15.2 Å². The number of halogens is 1. The Balaban J connectivity index is 1.48. The smallest absolute Gasteiger partial charge is 0.290 e. The quantitative estimate of drug-likeness (QED) is 0.701. The summed E-state index contributed by atoms with van der Waals surface area (Å²) < 4.78 is 15.0. The number of hydrogen-bond acceptors (Lipinski definition) is 5. The van der Waals surface area contributed by atoms with E-state index in [1.54, 1.807) is 31.5 Å². The minimum atomic E-state index is -0.367. The average Bonchev–Trinajstić information content (AvgIpc) is 3.10. The molecule has 0 saturated carbocycles. The third-order valence-corrected chi connectivity index (χ3v) is 4.96. The van der Waals surface area contributed by atoms with Crippen LogP contribution in [0.1, 0.15) is 28.9 Å². The Hall–Kier alpha value is -3.49. The summed E-state index contributed by atoms with van der Waals surface area (Å²) in [4.78, 5) is 33.5. The number of aromatic nitrogens is 4. The number of carbonyl (C=O) groups excluding carboxylic acids is 1. The monoisotopic (exact) mass is 396 g/mol. The Morgan fingerprint density at radius 3 is 3.03 bits per heavy atom. The molecule has 1 atom stereocenters. The summed E-state index contributed by atoms with van der Waals surface area (Å²) in [7, 11) is 0. The number of rotatable bonds is 4. The number of aromatic amines is 1. The largest absolute Gasteiger partial charge is 0.350 e. The molecule has 4 rings (SSSR count). The molecule has 2 aromatic heterocycles. The van der Waals surface area contributed by atoms with Crippen LogP contribution in [0.4, 0.5) is 10.2 Å². The Morgan fingerprint density at radius 2 is 2.24 bits per heavy atom. The zero-order chi connectivity index (χ0) is 20.4. The second-order valence-electron chi connectivity index (χ2n) is 7.05. The van der Waals surface area contributed by atoms with Crippen LogP contribution >= 0.6 is 0 Å². The summed E-state index contributed by atoms with van der Waals surface area (Å²) in [6.07, 6.45) is 6.28. The molecule has 1 fully saturated rings. The van der Waals surface area contributed by atoms with Crippen LogP contribution in [0.2, 0.25) is 0 Å². The topological polar surface area (TPSA) is 95.9 Å². The van der Waals surface area contributed by atoms with Gasteiger partial charge in [-0.05, 0) is 38.0 Å². The number of anilines is 1. The number of amides is 1. The predicted octanol–water partition coefficient (Wildman–Crippen LogP) is 1.80. The van der Waals surface area contributed by atoms with Crippen molar-refractivity contribution >= 4 is 11.7 Å². The Labute approximate surface area is 166 Å². The van der Waals surface area contributed by atoms with E-state index in [9.17, 15) is 14.0 Å². The number of aryl methyl sites for hydroxylation is 1. The molecular weight excluding hydrogens is 375 g/mol. The van der Waals surface area contributed by atoms with Crippen molar-refractivity contribution < 1.29 is 9.18 Å². The van der Waals surface area contributed by atoms with Gasteiger partial charge in [-0.15, -0.1) is 0 Å². The molecule has 1 unspecified atom stereocenters. The summed E-state index contributed by atoms with van der Waals surface area (Å²) >= 11 is 0. The van der Waals surface area contributed by atoms with Gasteiger partial charge in [0, 0.05) is 37.7 Å². The third kappa shape index (κ3) is 4.03. The highest BCUT2D eigenvalue weighted by atomic mass is 19.1. The van der Waals surface area contributed by atoms with Crippen LogP contribution in [0.15, 0.2) is 47.7 Å². The summed E-state index contributed by atoms with van der Waals surface area (Å²) in [5, 5.41) is 7.36. The summed E-state index contributed by atoms with van der Waals surface area (Å²) in [5.41, 5.74) is 1.29. The molecule has 1 amide bonds. The molecule has 9 heteroatoms. The molecule has 8 nitrogen and oxygen atoms in total. The normalized spacial score (nSPS) is 16.6. The third-order valence-electron chi connectivity index (χ3n) is 4.96. The molecule has 3 aromatic rings. The van der Waals surface area contributed by atoms with Gasteiger partial charge in [0.15, 0.2) is 5.82 Å². The highest BCUT2D eigenvalue weighted by molar-refractivity contribution is 5.95. The van der Waals surface area contributed by atoms with Crippen LogP contribution in [0, 0.1) is 12.7 Å². The molecule has 1 aliphatic rings. The van der Waals surface area contributed by atoms with Crippen molar-refractivity contribution in [2.45, 2.75) is 25.8 Å². The second-order valence-corrected chi connectivity index (χ2v) is 7.05. The van der Waals surface area contributed by atoms with Crippen molar-refractivity contribution in [1.29, 1.82) is 0 Å². The van der Waals surface area contributed by atoms with Crippen LogP contribution in [0.5, 0.6) is 0 Å². The van der Waals surface area contributed by atoms with E-state index in [-0.39, 0.29) is 23.3 Å². The number of nitrogens with one attached hydrogen (secondary N) is 2. The average molecular weight is 396 g/mol. The molecule has 2 N–H and O–H groups in total. The summed E-state index contributed by atoms with van der Waals surface area (Å²) in [6, 6.07) is 5.92. The number of benzene rings is 1. The highest BCUT2D eigenvalue weighted by Crippen LogP contribution is 2.17. The first kappa shape index (κ1) is 18.9. The SMILES string of the molecule is Cc1nn(-c2cccc(F)c2)cc1C(=O)NC1CCCN(c2ncc[nH]c2=O)C1. The van der Waals surface area contributed by atoms with Gasteiger partial charge in [-0.2, -0.15) is 5.10 Å². The van der Waals surface area contributed by atoms with Crippen LogP contribution in [-0.2, 0) is 0 Å². The van der Waals surface area contributed by atoms with Gasteiger partial charge in [0.1, 0.15) is 5.82 Å². The van der Waals surface area contributed by atoms with E-state index in [0.29, 0.717) is 35.9 Å². The molecule has 0 spiro atoms. The number of piperidine rings is 1. The minimum Gasteiger partial charge on any atom is -0.350 e. The zero-order valence-corrected chi connectivity index (χ0v) is 15.9. The maximum atomic E-state index is 13.5. The Morgan fingerprint density at radius 1 is 1.38 bits per heavy atom. The first-order valence-corrected chi connectivity index (χ1v) is 9.43. The van der Waals surface area contributed by atoms with Gasteiger partial charge in [0.05, 0.1) is 16.9 Å². The zero-order valence-electron chi connectivity index (χ0n) is 15.9. The molecule has 1 aliphatic heterocycles. The van der Waals surface area contributed by atoms with Crippen LogP contribution in [0.25, 0.3) is 5.69 Å². The summed E-state index contributed by atoms with van der Waals surface area (Å²) in [6.45, 7) is 2.96. The van der Waals surface area contributed by atoms with Gasteiger partial charge in [-0.3, -0.25) is 9.59 Å². The maximum Gasteiger partial charge on any atom is 0.290 e. The van der Waals surface area contributed by atoms with Gasteiger partial charge in [-0.1, -0.05) is 6.07 Å². The fraction of sp³-hybridized carbons (Fsp3) is 0.300. The van der Waals surface area contributed by atoms with E-state index >= 15 is 0 Å². The van der Waals surface area contributed by atoms with Crippen LogP contribution < -0.4 is 15.8 Å². The van der Waals surface area contributed by atoms with E-state index in [2.05, 4.69) is 20.4 Å². The lowest BCUT2D eigenvalue weighted by molar-refractivity contribution is 0.0932. The van der Waals surface area contributed by atoms with E-state index < -0.39 is 0 Å². The van der Waals surface area contributed by atoms with Crippen LogP contribution in [0.3, 0.4) is 0 Å². The fourth-order valence-corrected chi connectivity index (χ4v) is 3.55. The highest BCUT2D eigenvalue weighted by Gasteiger charge is 2.25. The molecule has 3 heterocycles. The van der Waals surface area contributed by atoms with Crippen molar-refractivity contribution in [1.82, 2.24) is 25.1 Å². The first-order chi connectivity index (χ1) is 14.0. The second kappa shape index (κ2) is 7.86. The van der Waals surface area contributed by atoms with Crippen molar-refractivity contribution in [3.63, 3.8) is 0 Å². The van der Waals surface area contributed by atoms with Crippen molar-refractivity contribution in [2.24, 2.45) is 0 Å². The van der Waals surface area contributed by atoms with Crippen LogP contribution in [-0.4, -0.2) is 44.8 Å². The Kier molecular flexibility index (Phi) is 5.11. The summed E-state index contributed by atoms with van der Waals surface area (Å²) in [5.74, 6) is -0.248. The number of H-pyrrole nitrogens is 1. The number of hydrogen-bond donors (Lipinski definition) is 2. The molecule has 0 bridgehead atoms. The lowest BCUT2D eigenvalue weighted by Gasteiger charge is -2.33. The van der Waals surface area contributed by atoms with Crippen molar-refractivity contribution in [3.8, 4) is 5.69 Å². The van der Waals surface area contributed by atoms with Crippen molar-refractivity contribution in [2.75, 3.05) is 18.0 Å². The van der Waals surface area contributed by atoms with E-state index in [1.165, 1.54) is 23.0 Å². The van der Waals surface area contributed by atoms with Gasteiger partial charge in [0.2, 0.25) is 0 Å². The number of carbonyl (C=O) groups is 1. The number of nitrogens with zero attached hydrogens (tertiary/aromatic N) is 4. The maximum absolute atomic E-state index is 13.5. The van der Waals surface area contributed by atoms with Gasteiger partial charge >= 0.3 is 0 Å². The minimum absolute atomic E-state index is 0.116. The first-order valence-electron chi connectivity index (χ1n) is 9.43. The van der Waals surface area contributed by atoms with Gasteiger partial charge in [0.25, 0.3) is 11.5 Å². The molecule has 150 valence electrons. The van der Waals surface area contributed by atoms with E-state index in [0.717, 1.165) is 12.8 Å². The standard InChI is InChI=1S/C20H21FN6O2/c1-13-17(12-27(25-13)16-6-2-4-14(21)10-16)19(28)24-15-5-3-9-26(11-15)18-20(29)23-8-7-22-18/h2,4,6-8,10,12,15H,3,5,9,11H2,1H3,(H,23,29)(H,24,28). The molecular formula is C20H21FN6O2. The van der Waals surface area contributed by atoms with Gasteiger partial charge in [-0.25, -0.2) is 14.1 Å². The molecule has 1 saturated heterocycles. The molecule has 29 heavy (non-hydrogen) atoms. The van der Waals surface area contributed by atoms with E-state index in [4.69, 9.17) is 0 Å². The molecule has 0 radical (unpaired) electrons. The lowest BCUT2D eigenvalue weighted by atomic mass is 10.1.